The molecule has 0 radical (unpaired) electrons. The molecule has 84 valence electrons. The number of benzene rings is 1. The minimum atomic E-state index is -3.37. The van der Waals surface area contributed by atoms with E-state index >= 15 is 0 Å². The molecule has 1 aromatic carbocycles. The molecule has 6 heteroatoms. The fourth-order valence-corrected chi connectivity index (χ4v) is 2.50. The quantitative estimate of drug-likeness (QED) is 0.927. The van der Waals surface area contributed by atoms with Crippen molar-refractivity contribution in [2.45, 2.75) is 12.8 Å². The molecule has 15 heavy (non-hydrogen) atoms. The van der Waals surface area contributed by atoms with Crippen LogP contribution in [0.1, 0.15) is 12.0 Å². The van der Waals surface area contributed by atoms with Crippen molar-refractivity contribution in [3.8, 4) is 0 Å². The molecule has 1 aromatic rings. The van der Waals surface area contributed by atoms with E-state index in [-0.39, 0.29) is 5.75 Å². The fourth-order valence-electron chi connectivity index (χ4n) is 1.19. The summed E-state index contributed by atoms with van der Waals surface area (Å²) in [5, 5.41) is 5.53. The first-order valence-electron chi connectivity index (χ1n) is 4.33. The van der Waals surface area contributed by atoms with Gasteiger partial charge in [0.05, 0.1) is 5.75 Å². The topological polar surface area (TPSA) is 60.2 Å². The second-order valence-corrected chi connectivity index (χ2v) is 6.26. The van der Waals surface area contributed by atoms with Crippen LogP contribution >= 0.6 is 27.5 Å². The lowest BCUT2D eigenvalue weighted by atomic mass is 10.1. The highest BCUT2D eigenvalue weighted by atomic mass is 79.9. The van der Waals surface area contributed by atoms with Crippen LogP contribution in [-0.2, 0) is 16.4 Å². The van der Waals surface area contributed by atoms with Gasteiger partial charge in [0.1, 0.15) is 0 Å². The number of hydrogen-bond donors (Lipinski definition) is 1. The van der Waals surface area contributed by atoms with Gasteiger partial charge in [-0.3, -0.25) is 0 Å². The Morgan fingerprint density at radius 3 is 2.60 bits per heavy atom. The molecular weight excluding hydrogens is 302 g/mol. The van der Waals surface area contributed by atoms with Crippen molar-refractivity contribution in [3.63, 3.8) is 0 Å². The standard InChI is InChI=1S/C9H11BrClNO2S/c10-8-4-3-7(9(11)6-8)2-1-5-15(12,13)14/h3-4,6H,1-2,5H2,(H2,12,13,14). The molecular formula is C9H11BrClNO2S. The van der Waals surface area contributed by atoms with Crippen LogP contribution in [0.25, 0.3) is 0 Å². The zero-order valence-corrected chi connectivity index (χ0v) is 11.1. The molecule has 0 spiro atoms. The van der Waals surface area contributed by atoms with Gasteiger partial charge in [0.2, 0.25) is 10.0 Å². The van der Waals surface area contributed by atoms with Gasteiger partial charge in [-0.15, -0.1) is 0 Å². The van der Waals surface area contributed by atoms with Crippen molar-refractivity contribution in [3.05, 3.63) is 33.3 Å². The molecule has 0 saturated carbocycles. The fraction of sp³-hybridized carbons (Fsp3) is 0.333. The van der Waals surface area contributed by atoms with Gasteiger partial charge in [-0.25, -0.2) is 13.6 Å². The van der Waals surface area contributed by atoms with Gasteiger partial charge in [-0.2, -0.15) is 0 Å². The van der Waals surface area contributed by atoms with Gasteiger partial charge >= 0.3 is 0 Å². The summed E-state index contributed by atoms with van der Waals surface area (Å²) in [6, 6.07) is 5.53. The highest BCUT2D eigenvalue weighted by Gasteiger charge is 2.05. The van der Waals surface area contributed by atoms with Crippen LogP contribution in [0.2, 0.25) is 5.02 Å². The van der Waals surface area contributed by atoms with E-state index in [0.29, 0.717) is 17.9 Å². The number of hydrogen-bond acceptors (Lipinski definition) is 2. The minimum absolute atomic E-state index is 0.0145. The van der Waals surface area contributed by atoms with Crippen LogP contribution in [0.5, 0.6) is 0 Å². The smallest absolute Gasteiger partial charge is 0.209 e. The number of halogens is 2. The average Bonchev–Trinajstić information content (AvgIpc) is 2.07. The summed E-state index contributed by atoms with van der Waals surface area (Å²) in [5.41, 5.74) is 0.934. The van der Waals surface area contributed by atoms with Gasteiger partial charge in [0.25, 0.3) is 0 Å². The van der Waals surface area contributed by atoms with E-state index in [4.69, 9.17) is 16.7 Å². The van der Waals surface area contributed by atoms with E-state index in [9.17, 15) is 8.42 Å². The predicted molar refractivity (Wildman–Crippen MR) is 65.4 cm³/mol. The number of sulfonamides is 1. The highest BCUT2D eigenvalue weighted by molar-refractivity contribution is 9.10. The lowest BCUT2D eigenvalue weighted by Gasteiger charge is -2.03. The SMILES string of the molecule is NS(=O)(=O)CCCc1ccc(Br)cc1Cl. The second-order valence-electron chi connectivity index (χ2n) is 3.21. The van der Waals surface area contributed by atoms with E-state index in [1.54, 1.807) is 6.07 Å². The molecule has 0 aliphatic carbocycles. The molecule has 0 unspecified atom stereocenters. The molecule has 0 bridgehead atoms. The van der Waals surface area contributed by atoms with Crippen LogP contribution in [0, 0.1) is 0 Å². The maximum Gasteiger partial charge on any atom is 0.209 e. The Hall–Kier alpha value is -0.100. The van der Waals surface area contributed by atoms with Crippen LogP contribution in [0.15, 0.2) is 22.7 Å². The van der Waals surface area contributed by atoms with Crippen LogP contribution in [0.4, 0.5) is 0 Å². The van der Waals surface area contributed by atoms with Crippen molar-refractivity contribution in [1.29, 1.82) is 0 Å². The van der Waals surface area contributed by atoms with Crippen LogP contribution < -0.4 is 5.14 Å². The normalized spacial score (nSPS) is 11.7. The number of rotatable bonds is 4. The molecule has 2 N–H and O–H groups in total. The summed E-state index contributed by atoms with van der Waals surface area (Å²) in [6.07, 6.45) is 1.10. The molecule has 0 aliphatic rings. The van der Waals surface area contributed by atoms with Crippen molar-refractivity contribution in [2.24, 2.45) is 5.14 Å². The molecule has 0 aromatic heterocycles. The third-order valence-corrected chi connectivity index (χ3v) is 3.59. The van der Waals surface area contributed by atoms with Crippen molar-refractivity contribution in [2.75, 3.05) is 5.75 Å². The van der Waals surface area contributed by atoms with Crippen molar-refractivity contribution in [1.82, 2.24) is 0 Å². The molecule has 0 heterocycles. The summed E-state index contributed by atoms with van der Waals surface area (Å²) in [7, 11) is -3.37. The van der Waals surface area contributed by atoms with Crippen LogP contribution in [-0.4, -0.2) is 14.2 Å². The predicted octanol–water partition coefficient (Wildman–Crippen LogP) is 2.32. The molecule has 0 amide bonds. The Kier molecular flexibility index (Phi) is 4.58. The molecule has 0 fully saturated rings. The highest BCUT2D eigenvalue weighted by Crippen LogP contribution is 2.22. The molecule has 0 aliphatic heterocycles. The average molecular weight is 313 g/mol. The maximum absolute atomic E-state index is 10.7. The first kappa shape index (κ1) is 13.0. The first-order chi connectivity index (χ1) is 6.88. The summed E-state index contributed by atoms with van der Waals surface area (Å²) < 4.78 is 22.3. The van der Waals surface area contributed by atoms with E-state index in [1.165, 1.54) is 0 Å². The van der Waals surface area contributed by atoms with Gasteiger partial charge in [-0.1, -0.05) is 33.6 Å². The Bertz CT molecular complexity index is 447. The van der Waals surface area contributed by atoms with E-state index in [2.05, 4.69) is 15.9 Å². The van der Waals surface area contributed by atoms with E-state index < -0.39 is 10.0 Å². The van der Waals surface area contributed by atoms with Gasteiger partial charge in [-0.05, 0) is 30.5 Å². The largest absolute Gasteiger partial charge is 0.229 e. The Labute approximate surface area is 103 Å². The summed E-state index contributed by atoms with van der Waals surface area (Å²) in [4.78, 5) is 0. The lowest BCUT2D eigenvalue weighted by Crippen LogP contribution is -2.16. The zero-order valence-electron chi connectivity index (χ0n) is 7.91. The van der Waals surface area contributed by atoms with E-state index in [0.717, 1.165) is 10.0 Å². The number of aryl methyl sites for hydroxylation is 1. The second kappa shape index (κ2) is 5.30. The first-order valence-corrected chi connectivity index (χ1v) is 7.21. The third-order valence-electron chi connectivity index (χ3n) is 1.89. The third kappa shape index (κ3) is 4.97. The van der Waals surface area contributed by atoms with Gasteiger partial charge in [0, 0.05) is 9.50 Å². The molecule has 3 nitrogen and oxygen atoms in total. The van der Waals surface area contributed by atoms with Gasteiger partial charge < -0.3 is 0 Å². The van der Waals surface area contributed by atoms with Crippen molar-refractivity contribution >= 4 is 37.6 Å². The molecule has 0 saturated heterocycles. The monoisotopic (exact) mass is 311 g/mol. The molecule has 0 atom stereocenters. The maximum atomic E-state index is 10.7. The summed E-state index contributed by atoms with van der Waals surface area (Å²) in [5.74, 6) is -0.0145. The van der Waals surface area contributed by atoms with Gasteiger partial charge in [0.15, 0.2) is 0 Å². The Morgan fingerprint density at radius 1 is 1.40 bits per heavy atom. The molecule has 1 rings (SSSR count). The zero-order chi connectivity index (χ0) is 11.5. The minimum Gasteiger partial charge on any atom is -0.229 e. The Balaban J connectivity index is 2.59. The summed E-state index contributed by atoms with van der Waals surface area (Å²) >= 11 is 9.26. The Morgan fingerprint density at radius 2 is 2.07 bits per heavy atom. The number of primary sulfonamides is 1. The number of nitrogens with two attached hydrogens (primary N) is 1. The van der Waals surface area contributed by atoms with Crippen molar-refractivity contribution < 1.29 is 8.42 Å². The van der Waals surface area contributed by atoms with Crippen LogP contribution in [0.3, 0.4) is 0 Å². The summed E-state index contributed by atoms with van der Waals surface area (Å²) in [6.45, 7) is 0. The lowest BCUT2D eigenvalue weighted by molar-refractivity contribution is 0.595. The van der Waals surface area contributed by atoms with E-state index in [1.807, 2.05) is 12.1 Å².